The lowest BCUT2D eigenvalue weighted by atomic mass is 9.78. The molecule has 1 fully saturated rings. The smallest absolute Gasteiger partial charge is 0.00953 e. The molecule has 0 aromatic heterocycles. The van der Waals surface area contributed by atoms with E-state index in [-0.39, 0.29) is 0 Å². The van der Waals surface area contributed by atoms with Crippen LogP contribution in [0.2, 0.25) is 0 Å². The van der Waals surface area contributed by atoms with Crippen molar-refractivity contribution in [1.82, 2.24) is 5.32 Å². The quantitative estimate of drug-likeness (QED) is 0.678. The minimum Gasteiger partial charge on any atom is -0.313 e. The summed E-state index contributed by atoms with van der Waals surface area (Å²) in [5.74, 6) is 1.74. The van der Waals surface area contributed by atoms with E-state index in [2.05, 4.69) is 32.7 Å². The van der Waals surface area contributed by atoms with Gasteiger partial charge in [-0.3, -0.25) is 0 Å². The predicted octanol–water partition coefficient (Wildman–Crippen LogP) is 3.37. The molecule has 0 aliphatic heterocycles. The average Bonchev–Trinajstić information content (AvgIpc) is 2.12. The molecule has 1 aliphatic rings. The molecule has 0 amide bonds. The van der Waals surface area contributed by atoms with Crippen LogP contribution in [0.3, 0.4) is 0 Å². The molecule has 1 nitrogen and oxygen atoms in total. The highest BCUT2D eigenvalue weighted by molar-refractivity contribution is 4.90. The van der Waals surface area contributed by atoms with E-state index in [1.807, 2.05) is 0 Å². The highest BCUT2D eigenvalue weighted by Crippen LogP contribution is 2.29. The molecular weight excluding hydrogens is 170 g/mol. The standard InChI is InChI=1S/C13H25N/c1-10(2)8-9-14-13-7-5-6-11(3)12(13)4/h11-14H,1,5-9H2,2-4H3. The molecule has 1 rings (SSSR count). The lowest BCUT2D eigenvalue weighted by Crippen LogP contribution is -2.41. The molecular formula is C13H25N. The maximum atomic E-state index is 3.93. The molecule has 82 valence electrons. The van der Waals surface area contributed by atoms with Gasteiger partial charge in [0.1, 0.15) is 0 Å². The van der Waals surface area contributed by atoms with Gasteiger partial charge in [0.05, 0.1) is 0 Å². The third kappa shape index (κ3) is 3.45. The van der Waals surface area contributed by atoms with Gasteiger partial charge in [0.2, 0.25) is 0 Å². The third-order valence-electron chi connectivity index (χ3n) is 3.67. The first-order valence-corrected chi connectivity index (χ1v) is 5.99. The lowest BCUT2D eigenvalue weighted by molar-refractivity contribution is 0.208. The summed E-state index contributed by atoms with van der Waals surface area (Å²) >= 11 is 0. The number of hydrogen-bond donors (Lipinski definition) is 1. The van der Waals surface area contributed by atoms with Crippen LogP contribution in [0.1, 0.15) is 46.5 Å². The van der Waals surface area contributed by atoms with E-state index in [0.29, 0.717) is 0 Å². The van der Waals surface area contributed by atoms with Crippen molar-refractivity contribution in [2.75, 3.05) is 6.54 Å². The molecule has 3 atom stereocenters. The van der Waals surface area contributed by atoms with Gasteiger partial charge < -0.3 is 5.32 Å². The molecule has 14 heavy (non-hydrogen) atoms. The monoisotopic (exact) mass is 195 g/mol. The van der Waals surface area contributed by atoms with Crippen molar-refractivity contribution < 1.29 is 0 Å². The maximum Gasteiger partial charge on any atom is 0.00953 e. The van der Waals surface area contributed by atoms with Gasteiger partial charge in [-0.05, 0) is 38.1 Å². The molecule has 1 saturated carbocycles. The summed E-state index contributed by atoms with van der Waals surface area (Å²) < 4.78 is 0. The molecule has 0 heterocycles. The molecule has 1 heteroatoms. The summed E-state index contributed by atoms with van der Waals surface area (Å²) in [7, 11) is 0. The molecule has 1 N–H and O–H groups in total. The third-order valence-corrected chi connectivity index (χ3v) is 3.67. The molecule has 1 aliphatic carbocycles. The Morgan fingerprint density at radius 1 is 1.36 bits per heavy atom. The van der Waals surface area contributed by atoms with Crippen molar-refractivity contribution in [2.24, 2.45) is 11.8 Å². The normalized spacial score (nSPS) is 32.9. The summed E-state index contributed by atoms with van der Waals surface area (Å²) in [4.78, 5) is 0. The summed E-state index contributed by atoms with van der Waals surface area (Å²) in [5.41, 5.74) is 1.29. The zero-order valence-electron chi connectivity index (χ0n) is 9.97. The first-order valence-electron chi connectivity index (χ1n) is 5.99. The average molecular weight is 195 g/mol. The second-order valence-electron chi connectivity index (χ2n) is 5.04. The lowest BCUT2D eigenvalue weighted by Gasteiger charge is -2.34. The van der Waals surface area contributed by atoms with Crippen LogP contribution in [-0.2, 0) is 0 Å². The molecule has 0 saturated heterocycles. The Labute approximate surface area is 89.0 Å². The molecule has 0 radical (unpaired) electrons. The fraction of sp³-hybridized carbons (Fsp3) is 0.846. The number of rotatable bonds is 4. The van der Waals surface area contributed by atoms with Crippen molar-refractivity contribution in [3.63, 3.8) is 0 Å². The van der Waals surface area contributed by atoms with Crippen molar-refractivity contribution >= 4 is 0 Å². The van der Waals surface area contributed by atoms with Crippen LogP contribution < -0.4 is 5.32 Å². The fourth-order valence-electron chi connectivity index (χ4n) is 2.34. The van der Waals surface area contributed by atoms with Crippen molar-refractivity contribution in [3.05, 3.63) is 12.2 Å². The molecule has 0 spiro atoms. The summed E-state index contributed by atoms with van der Waals surface area (Å²) in [6, 6.07) is 0.748. The van der Waals surface area contributed by atoms with Gasteiger partial charge in [0.15, 0.2) is 0 Å². The maximum absolute atomic E-state index is 3.93. The Kier molecular flexibility index (Phi) is 4.67. The number of nitrogens with one attached hydrogen (secondary N) is 1. The van der Waals surface area contributed by atoms with E-state index in [9.17, 15) is 0 Å². The molecule has 3 unspecified atom stereocenters. The van der Waals surface area contributed by atoms with Gasteiger partial charge in [-0.1, -0.05) is 32.3 Å². The molecule has 0 bridgehead atoms. The second kappa shape index (κ2) is 5.55. The van der Waals surface area contributed by atoms with E-state index < -0.39 is 0 Å². The zero-order chi connectivity index (χ0) is 10.6. The highest BCUT2D eigenvalue weighted by atomic mass is 14.9. The van der Waals surface area contributed by atoms with Crippen molar-refractivity contribution in [1.29, 1.82) is 0 Å². The minimum absolute atomic E-state index is 0.748. The Morgan fingerprint density at radius 3 is 2.71 bits per heavy atom. The second-order valence-corrected chi connectivity index (χ2v) is 5.04. The molecule has 0 aromatic rings. The number of hydrogen-bond acceptors (Lipinski definition) is 1. The van der Waals surface area contributed by atoms with E-state index in [0.717, 1.165) is 30.8 Å². The Bertz CT molecular complexity index is 186. The SMILES string of the molecule is C=C(C)CCNC1CCCC(C)C1C. The zero-order valence-corrected chi connectivity index (χ0v) is 9.97. The highest BCUT2D eigenvalue weighted by Gasteiger charge is 2.26. The van der Waals surface area contributed by atoms with Crippen LogP contribution in [-0.4, -0.2) is 12.6 Å². The van der Waals surface area contributed by atoms with Gasteiger partial charge >= 0.3 is 0 Å². The Morgan fingerprint density at radius 2 is 2.07 bits per heavy atom. The van der Waals surface area contributed by atoms with Crippen molar-refractivity contribution in [3.8, 4) is 0 Å². The topological polar surface area (TPSA) is 12.0 Å². The van der Waals surface area contributed by atoms with Crippen molar-refractivity contribution in [2.45, 2.75) is 52.5 Å². The van der Waals surface area contributed by atoms with Crippen LogP contribution >= 0.6 is 0 Å². The minimum atomic E-state index is 0.748. The van der Waals surface area contributed by atoms with Crippen LogP contribution in [0, 0.1) is 11.8 Å². The largest absolute Gasteiger partial charge is 0.313 e. The summed E-state index contributed by atoms with van der Waals surface area (Å²) in [6.45, 7) is 11.9. The Balaban J connectivity index is 2.25. The van der Waals surface area contributed by atoms with Gasteiger partial charge in [-0.2, -0.15) is 0 Å². The summed E-state index contributed by atoms with van der Waals surface area (Å²) in [6.07, 6.45) is 5.30. The van der Waals surface area contributed by atoms with Gasteiger partial charge in [-0.25, -0.2) is 0 Å². The van der Waals surface area contributed by atoms with Crippen LogP contribution in [0.25, 0.3) is 0 Å². The predicted molar refractivity (Wildman–Crippen MR) is 63.4 cm³/mol. The van der Waals surface area contributed by atoms with Crippen LogP contribution in [0.5, 0.6) is 0 Å². The van der Waals surface area contributed by atoms with E-state index >= 15 is 0 Å². The molecule has 0 aromatic carbocycles. The van der Waals surface area contributed by atoms with E-state index in [1.54, 1.807) is 0 Å². The van der Waals surface area contributed by atoms with Crippen LogP contribution in [0.15, 0.2) is 12.2 Å². The Hall–Kier alpha value is -0.300. The van der Waals surface area contributed by atoms with Gasteiger partial charge in [0, 0.05) is 6.04 Å². The van der Waals surface area contributed by atoms with Gasteiger partial charge in [0.25, 0.3) is 0 Å². The summed E-state index contributed by atoms with van der Waals surface area (Å²) in [5, 5.41) is 3.67. The first kappa shape index (κ1) is 11.8. The van der Waals surface area contributed by atoms with Crippen LogP contribution in [0.4, 0.5) is 0 Å². The van der Waals surface area contributed by atoms with E-state index in [1.165, 1.54) is 24.8 Å². The van der Waals surface area contributed by atoms with E-state index in [4.69, 9.17) is 0 Å². The fourth-order valence-corrected chi connectivity index (χ4v) is 2.34. The van der Waals surface area contributed by atoms with Gasteiger partial charge in [-0.15, -0.1) is 6.58 Å². The first-order chi connectivity index (χ1) is 6.61.